The van der Waals surface area contributed by atoms with Gasteiger partial charge in [-0.25, -0.2) is 0 Å². The molecule has 0 aromatic heterocycles. The zero-order valence-corrected chi connectivity index (χ0v) is 11.3. The Morgan fingerprint density at radius 1 is 1.25 bits per heavy atom. The van der Waals surface area contributed by atoms with Crippen LogP contribution in [0.2, 0.25) is 0 Å². The highest BCUT2D eigenvalue weighted by Gasteiger charge is 2.23. The van der Waals surface area contributed by atoms with Crippen molar-refractivity contribution in [2.75, 3.05) is 17.3 Å². The summed E-state index contributed by atoms with van der Waals surface area (Å²) in [6.07, 6.45) is 0. The molecule has 0 N–H and O–H groups in total. The van der Waals surface area contributed by atoms with Gasteiger partial charge in [-0.3, -0.25) is 4.79 Å². The molecule has 0 amide bonds. The minimum atomic E-state index is 0.167. The van der Waals surface area contributed by atoms with Crippen LogP contribution in [0.5, 0.6) is 0 Å². The lowest BCUT2D eigenvalue weighted by atomic mass is 10.0. The van der Waals surface area contributed by atoms with E-state index in [0.717, 1.165) is 17.1 Å². The monoisotopic (exact) mass is 252 g/mol. The molecule has 3 heteroatoms. The fourth-order valence-electron chi connectivity index (χ4n) is 1.72. The number of benzene rings is 1. The molecule has 1 fully saturated rings. The second-order valence-electron chi connectivity index (χ2n) is 4.10. The SMILES string of the molecule is Cc1ccc(C(=O)C2CSCCS2)cc1C. The van der Waals surface area contributed by atoms with Gasteiger partial charge in [0, 0.05) is 22.8 Å². The van der Waals surface area contributed by atoms with E-state index in [4.69, 9.17) is 0 Å². The van der Waals surface area contributed by atoms with Gasteiger partial charge in [-0.05, 0) is 31.0 Å². The number of carbonyl (C=O) groups is 1. The molecule has 1 nitrogen and oxygen atoms in total. The summed E-state index contributed by atoms with van der Waals surface area (Å²) in [6.45, 7) is 4.14. The fourth-order valence-corrected chi connectivity index (χ4v) is 4.35. The highest BCUT2D eigenvalue weighted by Crippen LogP contribution is 2.27. The summed E-state index contributed by atoms with van der Waals surface area (Å²) in [5.41, 5.74) is 3.34. The Kier molecular flexibility index (Phi) is 3.98. The lowest BCUT2D eigenvalue weighted by Crippen LogP contribution is -2.24. The smallest absolute Gasteiger partial charge is 0.176 e. The van der Waals surface area contributed by atoms with E-state index in [9.17, 15) is 4.79 Å². The largest absolute Gasteiger partial charge is 0.293 e. The number of Topliss-reactive ketones (excluding diaryl/α,β-unsaturated/α-hetero) is 1. The Morgan fingerprint density at radius 3 is 2.69 bits per heavy atom. The number of aryl methyl sites for hydroxylation is 2. The van der Waals surface area contributed by atoms with E-state index < -0.39 is 0 Å². The molecule has 1 heterocycles. The first-order valence-corrected chi connectivity index (χ1v) is 7.69. The molecule has 1 unspecified atom stereocenters. The van der Waals surface area contributed by atoms with Gasteiger partial charge in [0.05, 0.1) is 5.25 Å². The number of hydrogen-bond donors (Lipinski definition) is 0. The first-order valence-electron chi connectivity index (χ1n) is 5.49. The number of rotatable bonds is 2. The van der Waals surface area contributed by atoms with E-state index in [2.05, 4.69) is 13.8 Å². The number of ketones is 1. The Bertz CT molecular complexity index is 395. The second-order valence-corrected chi connectivity index (χ2v) is 6.56. The van der Waals surface area contributed by atoms with Crippen LogP contribution in [0, 0.1) is 13.8 Å². The number of hydrogen-bond acceptors (Lipinski definition) is 3. The predicted molar refractivity (Wildman–Crippen MR) is 73.8 cm³/mol. The highest BCUT2D eigenvalue weighted by atomic mass is 32.2. The molecule has 0 bridgehead atoms. The van der Waals surface area contributed by atoms with Crippen molar-refractivity contribution >= 4 is 29.3 Å². The highest BCUT2D eigenvalue weighted by molar-refractivity contribution is 8.07. The molecule has 1 aromatic rings. The minimum Gasteiger partial charge on any atom is -0.293 e. The molecule has 0 spiro atoms. The molecule has 1 aliphatic rings. The van der Waals surface area contributed by atoms with Crippen LogP contribution in [0.3, 0.4) is 0 Å². The van der Waals surface area contributed by atoms with Crippen molar-refractivity contribution in [3.8, 4) is 0 Å². The average Bonchev–Trinajstić information content (AvgIpc) is 2.33. The zero-order valence-electron chi connectivity index (χ0n) is 9.66. The van der Waals surface area contributed by atoms with E-state index in [-0.39, 0.29) is 5.25 Å². The molecule has 1 aliphatic heterocycles. The molecule has 0 saturated carbocycles. The van der Waals surface area contributed by atoms with E-state index in [0.29, 0.717) is 5.78 Å². The molecule has 86 valence electrons. The van der Waals surface area contributed by atoms with Gasteiger partial charge in [-0.1, -0.05) is 12.1 Å². The molecule has 16 heavy (non-hydrogen) atoms. The van der Waals surface area contributed by atoms with Gasteiger partial charge in [0.25, 0.3) is 0 Å². The zero-order chi connectivity index (χ0) is 11.5. The van der Waals surface area contributed by atoms with Gasteiger partial charge < -0.3 is 0 Å². The number of thioether (sulfide) groups is 2. The van der Waals surface area contributed by atoms with Gasteiger partial charge in [0.15, 0.2) is 5.78 Å². The molecule has 1 atom stereocenters. The maximum Gasteiger partial charge on any atom is 0.176 e. The van der Waals surface area contributed by atoms with Gasteiger partial charge in [0.1, 0.15) is 0 Å². The topological polar surface area (TPSA) is 17.1 Å². The molecule has 1 saturated heterocycles. The van der Waals surface area contributed by atoms with Crippen LogP contribution in [0.25, 0.3) is 0 Å². The Morgan fingerprint density at radius 2 is 2.06 bits per heavy atom. The summed E-state index contributed by atoms with van der Waals surface area (Å²) in [5, 5.41) is 0.167. The van der Waals surface area contributed by atoms with Crippen LogP contribution in [-0.2, 0) is 0 Å². The third-order valence-electron chi connectivity index (χ3n) is 2.90. The maximum atomic E-state index is 12.2. The summed E-state index contributed by atoms with van der Waals surface area (Å²) in [7, 11) is 0. The Labute approximate surface area is 105 Å². The van der Waals surface area contributed by atoms with Crippen LogP contribution < -0.4 is 0 Å². The maximum absolute atomic E-state index is 12.2. The fraction of sp³-hybridized carbons (Fsp3) is 0.462. The molecule has 0 radical (unpaired) electrons. The van der Waals surface area contributed by atoms with Crippen LogP contribution >= 0.6 is 23.5 Å². The quantitative estimate of drug-likeness (QED) is 0.752. The van der Waals surface area contributed by atoms with Crippen molar-refractivity contribution in [3.63, 3.8) is 0 Å². The third-order valence-corrected chi connectivity index (χ3v) is 5.65. The van der Waals surface area contributed by atoms with Gasteiger partial charge in [-0.15, -0.1) is 11.8 Å². The third kappa shape index (κ3) is 2.64. The van der Waals surface area contributed by atoms with Gasteiger partial charge >= 0.3 is 0 Å². The first-order chi connectivity index (χ1) is 7.68. The van der Waals surface area contributed by atoms with Gasteiger partial charge in [-0.2, -0.15) is 11.8 Å². The van der Waals surface area contributed by atoms with Crippen molar-refractivity contribution in [1.29, 1.82) is 0 Å². The van der Waals surface area contributed by atoms with Crippen molar-refractivity contribution < 1.29 is 4.79 Å². The van der Waals surface area contributed by atoms with E-state index >= 15 is 0 Å². The normalized spacial score (nSPS) is 20.8. The van der Waals surface area contributed by atoms with E-state index in [1.807, 2.05) is 30.0 Å². The van der Waals surface area contributed by atoms with Crippen molar-refractivity contribution in [2.45, 2.75) is 19.1 Å². The molecule has 0 aliphatic carbocycles. The van der Waals surface area contributed by atoms with Crippen LogP contribution in [0.4, 0.5) is 0 Å². The lowest BCUT2D eigenvalue weighted by Gasteiger charge is -2.20. The van der Waals surface area contributed by atoms with E-state index in [1.54, 1.807) is 11.8 Å². The van der Waals surface area contributed by atoms with E-state index in [1.165, 1.54) is 16.9 Å². The summed E-state index contributed by atoms with van der Waals surface area (Å²) >= 11 is 3.70. The molecule has 2 rings (SSSR count). The van der Waals surface area contributed by atoms with Crippen LogP contribution in [0.1, 0.15) is 21.5 Å². The molecular weight excluding hydrogens is 236 g/mol. The van der Waals surface area contributed by atoms with Crippen LogP contribution in [-0.4, -0.2) is 28.3 Å². The standard InChI is InChI=1S/C13H16OS2/c1-9-3-4-11(7-10(9)2)13(14)12-8-15-5-6-16-12/h3-4,7,12H,5-6,8H2,1-2H3. The lowest BCUT2D eigenvalue weighted by molar-refractivity contribution is 0.0995. The second kappa shape index (κ2) is 5.28. The average molecular weight is 252 g/mol. The summed E-state index contributed by atoms with van der Waals surface area (Å²) in [4.78, 5) is 12.2. The molecular formula is C13H16OS2. The summed E-state index contributed by atoms with van der Waals surface area (Å²) in [5.74, 6) is 3.56. The summed E-state index contributed by atoms with van der Waals surface area (Å²) < 4.78 is 0. The van der Waals surface area contributed by atoms with Crippen molar-refractivity contribution in [1.82, 2.24) is 0 Å². The van der Waals surface area contributed by atoms with Crippen LogP contribution in [0.15, 0.2) is 18.2 Å². The van der Waals surface area contributed by atoms with Crippen molar-refractivity contribution in [2.24, 2.45) is 0 Å². The predicted octanol–water partition coefficient (Wildman–Crippen LogP) is 3.33. The minimum absolute atomic E-state index is 0.167. The first kappa shape index (κ1) is 12.1. The molecule has 1 aromatic carbocycles. The Balaban J connectivity index is 2.16. The van der Waals surface area contributed by atoms with Gasteiger partial charge in [0.2, 0.25) is 0 Å². The summed E-state index contributed by atoms with van der Waals surface area (Å²) in [6, 6.07) is 6.03. The van der Waals surface area contributed by atoms with Crippen molar-refractivity contribution in [3.05, 3.63) is 34.9 Å². The number of carbonyl (C=O) groups excluding carboxylic acids is 1. The Hall–Kier alpha value is -0.410.